The molecule has 0 radical (unpaired) electrons. The van der Waals surface area contributed by atoms with Crippen molar-refractivity contribution >= 4 is 28.7 Å². The van der Waals surface area contributed by atoms with E-state index in [2.05, 4.69) is 46.9 Å². The number of hydrogen-bond donors (Lipinski definition) is 1. The molecule has 0 aliphatic carbocycles. The van der Waals surface area contributed by atoms with Crippen LogP contribution in [-0.4, -0.2) is 35.7 Å². The monoisotopic (exact) mass is 402 g/mol. The van der Waals surface area contributed by atoms with Gasteiger partial charge in [0.1, 0.15) is 5.60 Å². The van der Waals surface area contributed by atoms with Gasteiger partial charge in [0.05, 0.1) is 0 Å². The van der Waals surface area contributed by atoms with E-state index in [0.29, 0.717) is 19.0 Å². The van der Waals surface area contributed by atoms with Crippen molar-refractivity contribution in [3.63, 3.8) is 0 Å². The molecule has 0 unspecified atom stereocenters. The van der Waals surface area contributed by atoms with Crippen molar-refractivity contribution in [3.8, 4) is 0 Å². The van der Waals surface area contributed by atoms with E-state index >= 15 is 0 Å². The van der Waals surface area contributed by atoms with Crippen LogP contribution >= 0.6 is 22.6 Å². The van der Waals surface area contributed by atoms with Crippen LogP contribution in [0.25, 0.3) is 0 Å². The lowest BCUT2D eigenvalue weighted by Crippen LogP contribution is -2.50. The number of benzene rings is 1. The van der Waals surface area contributed by atoms with Gasteiger partial charge in [0.2, 0.25) is 0 Å². The van der Waals surface area contributed by atoms with E-state index in [1.54, 1.807) is 4.90 Å². The number of likely N-dealkylation sites (tertiary alicyclic amines) is 1. The Morgan fingerprint density at radius 3 is 2.48 bits per heavy atom. The molecule has 2 rings (SSSR count). The molecule has 1 aliphatic heterocycles. The average Bonchev–Trinajstić information content (AvgIpc) is 2.38. The van der Waals surface area contributed by atoms with Crippen LogP contribution in [0.4, 0.5) is 4.79 Å². The maximum Gasteiger partial charge on any atom is 0.410 e. The molecule has 1 aromatic rings. The molecule has 0 saturated carbocycles. The molecule has 1 saturated heterocycles. The molecule has 0 bridgehead atoms. The summed E-state index contributed by atoms with van der Waals surface area (Å²) >= 11 is 2.30. The zero-order chi connectivity index (χ0) is 15.6. The minimum atomic E-state index is -0.464. The number of hydrogen-bond acceptors (Lipinski definition) is 3. The number of carbonyl (C=O) groups excluding carboxylic acids is 1. The number of piperidine rings is 1. The fourth-order valence-electron chi connectivity index (χ4n) is 2.60. The first-order valence-corrected chi connectivity index (χ1v) is 8.33. The third-order valence-corrected chi connectivity index (χ3v) is 4.33. The second-order valence-electron chi connectivity index (χ2n) is 6.54. The highest BCUT2D eigenvalue weighted by Gasteiger charge is 2.32. The van der Waals surface area contributed by atoms with E-state index in [1.165, 1.54) is 9.13 Å². The lowest BCUT2D eigenvalue weighted by Gasteiger charge is -2.37. The molecule has 2 atom stereocenters. The van der Waals surface area contributed by atoms with Crippen molar-refractivity contribution in [3.05, 3.63) is 33.4 Å². The third-order valence-electron chi connectivity index (χ3n) is 3.61. The van der Waals surface area contributed by atoms with Crippen molar-refractivity contribution in [2.24, 2.45) is 5.73 Å². The Morgan fingerprint density at radius 2 is 1.95 bits per heavy atom. The van der Waals surface area contributed by atoms with E-state index in [-0.39, 0.29) is 12.1 Å². The van der Waals surface area contributed by atoms with Crippen LogP contribution in [-0.2, 0) is 4.74 Å². The minimum absolute atomic E-state index is 0.0497. The molecule has 0 aromatic heterocycles. The number of ether oxygens (including phenoxy) is 1. The van der Waals surface area contributed by atoms with Gasteiger partial charge in [0, 0.05) is 28.6 Å². The topological polar surface area (TPSA) is 55.6 Å². The fraction of sp³-hybridized carbons (Fsp3) is 0.562. The van der Waals surface area contributed by atoms with Gasteiger partial charge >= 0.3 is 6.09 Å². The molecule has 1 heterocycles. The SMILES string of the molecule is CC(C)(C)OC(=O)N1CC[C@@H](c2ccc(I)cc2)[C@@H](N)C1. The van der Waals surface area contributed by atoms with E-state index in [0.717, 1.165) is 6.42 Å². The van der Waals surface area contributed by atoms with Crippen molar-refractivity contribution in [1.29, 1.82) is 0 Å². The number of amides is 1. The smallest absolute Gasteiger partial charge is 0.410 e. The van der Waals surface area contributed by atoms with Gasteiger partial charge in [-0.05, 0) is 67.5 Å². The van der Waals surface area contributed by atoms with Gasteiger partial charge in [-0.1, -0.05) is 12.1 Å². The first-order chi connectivity index (χ1) is 9.76. The van der Waals surface area contributed by atoms with Crippen LogP contribution in [0, 0.1) is 3.57 Å². The standard InChI is InChI=1S/C16H23IN2O2/c1-16(2,3)21-15(20)19-9-8-13(14(18)10-19)11-4-6-12(17)7-5-11/h4-7,13-14H,8-10,18H2,1-3H3/t13-,14-/m0/s1. The molecule has 4 nitrogen and oxygen atoms in total. The highest BCUT2D eigenvalue weighted by molar-refractivity contribution is 14.1. The van der Waals surface area contributed by atoms with Crippen LogP contribution in [0.3, 0.4) is 0 Å². The number of rotatable bonds is 1. The first-order valence-electron chi connectivity index (χ1n) is 7.25. The molecule has 0 spiro atoms. The van der Waals surface area contributed by atoms with Gasteiger partial charge in [0.25, 0.3) is 0 Å². The van der Waals surface area contributed by atoms with Crippen molar-refractivity contribution in [2.75, 3.05) is 13.1 Å². The molecule has 1 aliphatic rings. The van der Waals surface area contributed by atoms with Crippen molar-refractivity contribution in [2.45, 2.75) is 44.8 Å². The highest BCUT2D eigenvalue weighted by atomic mass is 127. The van der Waals surface area contributed by atoms with E-state index in [1.807, 2.05) is 20.8 Å². The summed E-state index contributed by atoms with van der Waals surface area (Å²) in [5.74, 6) is 0.306. The molecule has 116 valence electrons. The van der Waals surface area contributed by atoms with Crippen LogP contribution in [0.1, 0.15) is 38.7 Å². The summed E-state index contributed by atoms with van der Waals surface area (Å²) in [5.41, 5.74) is 7.08. The molecule has 1 amide bonds. The van der Waals surface area contributed by atoms with Gasteiger partial charge < -0.3 is 15.4 Å². The maximum atomic E-state index is 12.1. The van der Waals surface area contributed by atoms with Crippen LogP contribution < -0.4 is 5.73 Å². The highest BCUT2D eigenvalue weighted by Crippen LogP contribution is 2.28. The Hall–Kier alpha value is -0.820. The van der Waals surface area contributed by atoms with Gasteiger partial charge in [-0.2, -0.15) is 0 Å². The Labute approximate surface area is 140 Å². The third kappa shape index (κ3) is 4.57. The maximum absolute atomic E-state index is 12.1. The number of halogens is 1. The zero-order valence-electron chi connectivity index (χ0n) is 12.8. The van der Waals surface area contributed by atoms with Crippen LogP contribution in [0.15, 0.2) is 24.3 Å². The molecule has 5 heteroatoms. The lowest BCUT2D eigenvalue weighted by atomic mass is 9.86. The quantitative estimate of drug-likeness (QED) is 0.734. The summed E-state index contributed by atoms with van der Waals surface area (Å²) in [5, 5.41) is 0. The van der Waals surface area contributed by atoms with Gasteiger partial charge in [0.15, 0.2) is 0 Å². The second-order valence-corrected chi connectivity index (χ2v) is 7.78. The summed E-state index contributed by atoms with van der Waals surface area (Å²) in [7, 11) is 0. The van der Waals surface area contributed by atoms with Crippen molar-refractivity contribution in [1.82, 2.24) is 4.90 Å². The zero-order valence-corrected chi connectivity index (χ0v) is 15.0. The number of nitrogens with zero attached hydrogens (tertiary/aromatic N) is 1. The van der Waals surface area contributed by atoms with Gasteiger partial charge in [-0.3, -0.25) is 0 Å². The normalized spacial score (nSPS) is 23.0. The Balaban J connectivity index is 1.99. The minimum Gasteiger partial charge on any atom is -0.444 e. The van der Waals surface area contributed by atoms with Crippen molar-refractivity contribution < 1.29 is 9.53 Å². The van der Waals surface area contributed by atoms with E-state index in [4.69, 9.17) is 10.5 Å². The van der Waals surface area contributed by atoms with Gasteiger partial charge in [-0.15, -0.1) is 0 Å². The molecule has 2 N–H and O–H groups in total. The predicted molar refractivity (Wildman–Crippen MR) is 92.3 cm³/mol. The first kappa shape index (κ1) is 16.5. The Bertz CT molecular complexity index is 496. The number of carbonyl (C=O) groups is 1. The molecule has 1 fully saturated rings. The summed E-state index contributed by atoms with van der Waals surface area (Å²) in [6, 6.07) is 8.42. The van der Waals surface area contributed by atoms with E-state index in [9.17, 15) is 4.79 Å². The second kappa shape index (κ2) is 6.52. The van der Waals surface area contributed by atoms with E-state index < -0.39 is 5.60 Å². The molecular formula is C16H23IN2O2. The molecule has 1 aromatic carbocycles. The number of nitrogens with two attached hydrogens (primary N) is 1. The fourth-order valence-corrected chi connectivity index (χ4v) is 2.96. The average molecular weight is 402 g/mol. The Morgan fingerprint density at radius 1 is 1.33 bits per heavy atom. The summed E-state index contributed by atoms with van der Waals surface area (Å²) in [6.45, 7) is 6.88. The Kier molecular flexibility index (Phi) is 5.14. The molecule has 21 heavy (non-hydrogen) atoms. The summed E-state index contributed by atoms with van der Waals surface area (Å²) in [6.07, 6.45) is 0.611. The summed E-state index contributed by atoms with van der Waals surface area (Å²) < 4.78 is 6.63. The van der Waals surface area contributed by atoms with Crippen LogP contribution in [0.5, 0.6) is 0 Å². The summed E-state index contributed by atoms with van der Waals surface area (Å²) in [4.78, 5) is 13.8. The lowest BCUT2D eigenvalue weighted by molar-refractivity contribution is 0.0186. The molecular weight excluding hydrogens is 379 g/mol. The largest absolute Gasteiger partial charge is 0.444 e. The van der Waals surface area contributed by atoms with Crippen LogP contribution in [0.2, 0.25) is 0 Å². The predicted octanol–water partition coefficient (Wildman–Crippen LogP) is 3.34. The van der Waals surface area contributed by atoms with Gasteiger partial charge in [-0.25, -0.2) is 4.79 Å².